The molecule has 3 aromatic carbocycles. The molecule has 0 aliphatic carbocycles. The van der Waals surface area contributed by atoms with E-state index in [4.69, 9.17) is 9.16 Å². The first-order chi connectivity index (χ1) is 18.8. The number of aldehydes is 1. The van der Waals surface area contributed by atoms with E-state index in [1.165, 1.54) is 16.5 Å². The Morgan fingerprint density at radius 1 is 0.872 bits per heavy atom. The number of carbonyl (C=O) groups is 1. The molecule has 0 aliphatic heterocycles. The summed E-state index contributed by atoms with van der Waals surface area (Å²) < 4.78 is 12.9. The highest BCUT2D eigenvalue weighted by atomic mass is 32.1. The Balaban J connectivity index is 1.48. The van der Waals surface area contributed by atoms with E-state index in [2.05, 4.69) is 93.4 Å². The van der Waals surface area contributed by atoms with E-state index < -0.39 is 9.04 Å². The van der Waals surface area contributed by atoms with Crippen LogP contribution in [0.1, 0.15) is 46.4 Å². The maximum absolute atomic E-state index is 11.1. The minimum absolute atomic E-state index is 0.126. The zero-order valence-corrected chi connectivity index (χ0v) is 25.1. The third-order valence-corrected chi connectivity index (χ3v) is 10.6. The fraction of sp³-hybridized carbons (Fsp3) is 0.242. The zero-order valence-electron chi connectivity index (χ0n) is 23.2. The summed E-state index contributed by atoms with van der Waals surface area (Å²) in [6, 6.07) is 31.0. The van der Waals surface area contributed by atoms with Crippen molar-refractivity contribution in [3.63, 3.8) is 0 Å². The van der Waals surface area contributed by atoms with Gasteiger partial charge in [-0.1, -0.05) is 81.4 Å². The van der Waals surface area contributed by atoms with Crippen LogP contribution in [0.5, 0.6) is 5.75 Å². The van der Waals surface area contributed by atoms with E-state index in [1.807, 2.05) is 42.5 Å². The molecule has 1 heterocycles. The van der Waals surface area contributed by atoms with Crippen molar-refractivity contribution < 1.29 is 14.0 Å². The molecule has 6 heteroatoms. The van der Waals surface area contributed by atoms with Gasteiger partial charge in [0.05, 0.1) is 11.5 Å². The lowest BCUT2D eigenvalue weighted by Gasteiger charge is -2.30. The van der Waals surface area contributed by atoms with Gasteiger partial charge in [0.2, 0.25) is 9.04 Å². The van der Waals surface area contributed by atoms with E-state index in [0.717, 1.165) is 45.1 Å². The van der Waals surface area contributed by atoms with Gasteiger partial charge in [-0.3, -0.25) is 4.79 Å². The molecule has 1 aromatic heterocycles. The van der Waals surface area contributed by atoms with Crippen LogP contribution >= 0.6 is 11.3 Å². The molecule has 202 valence electrons. The lowest BCUT2D eigenvalue weighted by molar-refractivity contribution is 0.112. The first-order valence-electron chi connectivity index (χ1n) is 13.2. The number of hydrogen-bond donors (Lipinski definition) is 0. The number of likely N-dealkylation sites (N-methyl/N-ethyl adjacent to an activating group) is 1. The topological polar surface area (TPSA) is 38.8 Å². The molecular formula is C33H37NO3SSi. The standard InChI is InChI=1S/C33H37NO3SSi/c1-33(2,3)39(31-13-9-6-10-14-31)37-22-21-34(4)28-17-15-27(16-18-29-19-20-30(24-35)38-29)32(23-28)36-25-26-11-7-5-8-12-26/h5-20,23-24,39H,21-22,25H2,1-4H3/b18-16+. The quantitative estimate of drug-likeness (QED) is 0.137. The summed E-state index contributed by atoms with van der Waals surface area (Å²) in [7, 11) is 0.476. The SMILES string of the molecule is CN(CCO[SiH](c1ccccc1)C(C)(C)C)c1ccc(/C=C/c2ccc(C=O)s2)c(OCc2ccccc2)c1. The molecule has 39 heavy (non-hydrogen) atoms. The number of ether oxygens (including phenoxy) is 1. The van der Waals surface area contributed by atoms with Gasteiger partial charge in [-0.2, -0.15) is 0 Å². The normalized spacial score (nSPS) is 12.4. The Kier molecular flexibility index (Phi) is 9.93. The summed E-state index contributed by atoms with van der Waals surface area (Å²) in [4.78, 5) is 15.0. The first-order valence-corrected chi connectivity index (χ1v) is 15.7. The van der Waals surface area contributed by atoms with E-state index in [9.17, 15) is 4.79 Å². The second kappa shape index (κ2) is 13.6. The van der Waals surface area contributed by atoms with Crippen molar-refractivity contribution in [3.8, 4) is 5.75 Å². The third kappa shape index (κ3) is 8.26. The Morgan fingerprint density at radius 2 is 1.56 bits per heavy atom. The van der Waals surface area contributed by atoms with Crippen LogP contribution < -0.4 is 14.8 Å². The van der Waals surface area contributed by atoms with Crippen LogP contribution in [-0.4, -0.2) is 35.5 Å². The van der Waals surface area contributed by atoms with Gasteiger partial charge >= 0.3 is 0 Å². The third-order valence-electron chi connectivity index (χ3n) is 6.47. The number of thiophene rings is 1. The highest BCUT2D eigenvalue weighted by Crippen LogP contribution is 2.30. The molecule has 0 spiro atoms. The predicted octanol–water partition coefficient (Wildman–Crippen LogP) is 7.19. The van der Waals surface area contributed by atoms with E-state index >= 15 is 0 Å². The van der Waals surface area contributed by atoms with Gasteiger partial charge in [-0.05, 0) is 52.2 Å². The highest BCUT2D eigenvalue weighted by molar-refractivity contribution is 7.14. The minimum atomic E-state index is -1.62. The molecule has 0 radical (unpaired) electrons. The predicted molar refractivity (Wildman–Crippen MR) is 168 cm³/mol. The van der Waals surface area contributed by atoms with Crippen molar-refractivity contribution in [2.75, 3.05) is 25.1 Å². The van der Waals surface area contributed by atoms with E-state index in [0.29, 0.717) is 13.2 Å². The molecule has 0 saturated carbocycles. The van der Waals surface area contributed by atoms with Gasteiger partial charge in [0.25, 0.3) is 0 Å². The van der Waals surface area contributed by atoms with E-state index in [-0.39, 0.29) is 5.04 Å². The molecule has 0 amide bonds. The van der Waals surface area contributed by atoms with Crippen LogP contribution in [0.25, 0.3) is 12.2 Å². The molecule has 0 fully saturated rings. The molecular weight excluding hydrogens is 519 g/mol. The fourth-order valence-corrected chi connectivity index (χ4v) is 7.70. The lowest BCUT2D eigenvalue weighted by Crippen LogP contribution is -2.43. The van der Waals surface area contributed by atoms with Crippen molar-refractivity contribution in [2.45, 2.75) is 32.4 Å². The number of hydrogen-bond acceptors (Lipinski definition) is 5. The van der Waals surface area contributed by atoms with Crippen molar-refractivity contribution in [2.24, 2.45) is 0 Å². The monoisotopic (exact) mass is 555 g/mol. The van der Waals surface area contributed by atoms with Crippen LogP contribution in [0.4, 0.5) is 5.69 Å². The van der Waals surface area contributed by atoms with Crippen molar-refractivity contribution >= 4 is 49.7 Å². The smallest absolute Gasteiger partial charge is 0.213 e. The summed E-state index contributed by atoms with van der Waals surface area (Å²) in [6.45, 7) is 8.77. The summed E-state index contributed by atoms with van der Waals surface area (Å²) in [6.07, 6.45) is 4.96. The maximum Gasteiger partial charge on any atom is 0.213 e. The molecule has 0 N–H and O–H groups in total. The molecule has 4 nitrogen and oxygen atoms in total. The van der Waals surface area contributed by atoms with Gasteiger partial charge in [0, 0.05) is 35.8 Å². The molecule has 1 atom stereocenters. The Morgan fingerprint density at radius 3 is 2.23 bits per heavy atom. The summed E-state index contributed by atoms with van der Waals surface area (Å²) >= 11 is 1.47. The van der Waals surface area contributed by atoms with E-state index in [1.54, 1.807) is 0 Å². The second-order valence-electron chi connectivity index (χ2n) is 10.6. The summed E-state index contributed by atoms with van der Waals surface area (Å²) in [5.41, 5.74) is 3.18. The molecule has 4 aromatic rings. The van der Waals surface area contributed by atoms with Crippen LogP contribution in [0, 0.1) is 0 Å². The summed E-state index contributed by atoms with van der Waals surface area (Å²) in [5, 5.41) is 1.47. The number of carbonyl (C=O) groups excluding carboxylic acids is 1. The van der Waals surface area contributed by atoms with Gasteiger partial charge in [-0.25, -0.2) is 0 Å². The lowest BCUT2D eigenvalue weighted by atomic mass is 10.1. The highest BCUT2D eigenvalue weighted by Gasteiger charge is 2.29. The molecule has 1 unspecified atom stereocenters. The largest absolute Gasteiger partial charge is 0.488 e. The zero-order chi connectivity index (χ0) is 27.7. The van der Waals surface area contributed by atoms with Crippen molar-refractivity contribution in [3.05, 3.63) is 112 Å². The Bertz CT molecular complexity index is 1360. The van der Waals surface area contributed by atoms with Gasteiger partial charge in [0.1, 0.15) is 12.4 Å². The van der Waals surface area contributed by atoms with Crippen LogP contribution in [0.15, 0.2) is 91.0 Å². The molecule has 0 aliphatic rings. The molecule has 0 saturated heterocycles. The van der Waals surface area contributed by atoms with Gasteiger partial charge in [0.15, 0.2) is 6.29 Å². The van der Waals surface area contributed by atoms with Gasteiger partial charge < -0.3 is 14.1 Å². The number of benzene rings is 3. The van der Waals surface area contributed by atoms with Gasteiger partial charge in [-0.15, -0.1) is 11.3 Å². The Labute approximate surface area is 238 Å². The maximum atomic E-state index is 11.1. The fourth-order valence-electron chi connectivity index (χ4n) is 4.36. The Hall–Kier alpha value is -3.45. The van der Waals surface area contributed by atoms with Crippen LogP contribution in [0.2, 0.25) is 5.04 Å². The molecule has 0 bridgehead atoms. The average Bonchev–Trinajstić information content (AvgIpc) is 3.41. The van der Waals surface area contributed by atoms with Crippen LogP contribution in [-0.2, 0) is 11.0 Å². The minimum Gasteiger partial charge on any atom is -0.488 e. The second-order valence-corrected chi connectivity index (χ2v) is 15.3. The number of nitrogens with zero attached hydrogens (tertiary/aromatic N) is 1. The van der Waals surface area contributed by atoms with Crippen molar-refractivity contribution in [1.82, 2.24) is 0 Å². The number of anilines is 1. The summed E-state index contributed by atoms with van der Waals surface area (Å²) in [5.74, 6) is 0.818. The van der Waals surface area contributed by atoms with Crippen LogP contribution in [0.3, 0.4) is 0 Å². The average molecular weight is 556 g/mol. The number of rotatable bonds is 12. The first kappa shape index (κ1) is 28.6. The van der Waals surface area contributed by atoms with Crippen molar-refractivity contribution in [1.29, 1.82) is 0 Å². The molecule has 4 rings (SSSR count).